The SMILES string of the molecule is CCC(CC)N1C(=O)CC(NCC(F)(F)F)C1=O. The van der Waals surface area contributed by atoms with Crippen molar-refractivity contribution in [1.82, 2.24) is 10.2 Å². The monoisotopic (exact) mass is 266 g/mol. The molecule has 1 N–H and O–H groups in total. The summed E-state index contributed by atoms with van der Waals surface area (Å²) < 4.78 is 36.1. The fourth-order valence-corrected chi connectivity index (χ4v) is 2.09. The summed E-state index contributed by atoms with van der Waals surface area (Å²) in [4.78, 5) is 24.6. The predicted octanol–water partition coefficient (Wildman–Crippen LogP) is 1.45. The average molecular weight is 266 g/mol. The van der Waals surface area contributed by atoms with Gasteiger partial charge in [-0.15, -0.1) is 0 Å². The Morgan fingerprint density at radius 1 is 1.33 bits per heavy atom. The molecule has 0 radical (unpaired) electrons. The van der Waals surface area contributed by atoms with E-state index in [1.165, 1.54) is 0 Å². The molecule has 2 amide bonds. The minimum atomic E-state index is -4.38. The summed E-state index contributed by atoms with van der Waals surface area (Å²) in [6.45, 7) is 2.42. The van der Waals surface area contributed by atoms with Gasteiger partial charge >= 0.3 is 6.18 Å². The van der Waals surface area contributed by atoms with Gasteiger partial charge in [0.1, 0.15) is 0 Å². The zero-order valence-electron chi connectivity index (χ0n) is 10.4. The van der Waals surface area contributed by atoms with E-state index >= 15 is 0 Å². The summed E-state index contributed by atoms with van der Waals surface area (Å²) in [5, 5.41) is 2.10. The van der Waals surface area contributed by atoms with E-state index in [1.54, 1.807) is 0 Å². The third kappa shape index (κ3) is 3.44. The van der Waals surface area contributed by atoms with Crippen LogP contribution in [0.1, 0.15) is 33.1 Å². The van der Waals surface area contributed by atoms with Gasteiger partial charge in [0.05, 0.1) is 19.0 Å². The molecule has 1 heterocycles. The number of carbonyl (C=O) groups excluding carboxylic acids is 2. The number of rotatable bonds is 5. The molecule has 1 aliphatic rings. The molecule has 1 aliphatic heterocycles. The molecule has 1 rings (SSSR count). The van der Waals surface area contributed by atoms with Crippen LogP contribution in [0.3, 0.4) is 0 Å². The lowest BCUT2D eigenvalue weighted by Crippen LogP contribution is -2.45. The van der Waals surface area contributed by atoms with Crippen molar-refractivity contribution in [2.75, 3.05) is 6.54 Å². The Morgan fingerprint density at radius 3 is 2.33 bits per heavy atom. The van der Waals surface area contributed by atoms with Gasteiger partial charge in [0.2, 0.25) is 11.8 Å². The molecule has 4 nitrogen and oxygen atoms in total. The van der Waals surface area contributed by atoms with E-state index < -0.39 is 30.6 Å². The van der Waals surface area contributed by atoms with Crippen molar-refractivity contribution in [2.24, 2.45) is 0 Å². The van der Waals surface area contributed by atoms with Crippen LogP contribution in [-0.2, 0) is 9.59 Å². The fourth-order valence-electron chi connectivity index (χ4n) is 2.09. The van der Waals surface area contributed by atoms with Crippen LogP contribution in [-0.4, -0.2) is 41.5 Å². The summed E-state index contributed by atoms with van der Waals surface area (Å²) in [5.41, 5.74) is 0. The van der Waals surface area contributed by atoms with Crippen molar-refractivity contribution in [1.29, 1.82) is 0 Å². The van der Waals surface area contributed by atoms with Crippen LogP contribution in [0.15, 0.2) is 0 Å². The number of likely N-dealkylation sites (tertiary alicyclic amines) is 1. The lowest BCUT2D eigenvalue weighted by Gasteiger charge is -2.24. The van der Waals surface area contributed by atoms with Crippen LogP contribution in [0.2, 0.25) is 0 Å². The van der Waals surface area contributed by atoms with Crippen LogP contribution in [0.4, 0.5) is 13.2 Å². The van der Waals surface area contributed by atoms with E-state index in [9.17, 15) is 22.8 Å². The standard InChI is InChI=1S/C11H17F3N2O2/c1-3-7(4-2)16-9(17)5-8(10(16)18)15-6-11(12,13)14/h7-8,15H,3-6H2,1-2H3. The Labute approximate surface area is 104 Å². The Balaban J connectivity index is 2.66. The van der Waals surface area contributed by atoms with Gasteiger partial charge in [0, 0.05) is 6.04 Å². The topological polar surface area (TPSA) is 49.4 Å². The minimum Gasteiger partial charge on any atom is -0.297 e. The minimum absolute atomic E-state index is 0.189. The second kappa shape index (κ2) is 5.69. The molecule has 0 spiro atoms. The molecule has 0 aromatic carbocycles. The van der Waals surface area contributed by atoms with E-state index in [-0.39, 0.29) is 12.5 Å². The zero-order valence-corrected chi connectivity index (χ0v) is 10.4. The number of hydrogen-bond donors (Lipinski definition) is 1. The van der Waals surface area contributed by atoms with Crippen molar-refractivity contribution in [3.8, 4) is 0 Å². The van der Waals surface area contributed by atoms with Gasteiger partial charge in [-0.2, -0.15) is 13.2 Å². The lowest BCUT2D eigenvalue weighted by atomic mass is 10.1. The maximum Gasteiger partial charge on any atom is 0.401 e. The number of alkyl halides is 3. The normalized spacial score (nSPS) is 21.2. The molecule has 0 aromatic rings. The van der Waals surface area contributed by atoms with Crippen molar-refractivity contribution < 1.29 is 22.8 Å². The van der Waals surface area contributed by atoms with Crippen LogP contribution >= 0.6 is 0 Å². The molecule has 0 saturated carbocycles. The summed E-state index contributed by atoms with van der Waals surface area (Å²) >= 11 is 0. The first-order chi connectivity index (χ1) is 8.30. The number of halogens is 3. The van der Waals surface area contributed by atoms with Gasteiger partial charge in [-0.05, 0) is 12.8 Å². The van der Waals surface area contributed by atoms with Crippen molar-refractivity contribution >= 4 is 11.8 Å². The number of nitrogens with one attached hydrogen (secondary N) is 1. The molecule has 1 fully saturated rings. The van der Waals surface area contributed by atoms with E-state index in [4.69, 9.17) is 0 Å². The molecule has 1 atom stereocenters. The van der Waals surface area contributed by atoms with Gasteiger partial charge in [-0.1, -0.05) is 13.8 Å². The summed E-state index contributed by atoms with van der Waals surface area (Å²) in [6, 6.07) is -1.26. The smallest absolute Gasteiger partial charge is 0.297 e. The molecule has 0 aromatic heterocycles. The number of imide groups is 1. The number of amides is 2. The highest BCUT2D eigenvalue weighted by Crippen LogP contribution is 2.21. The summed E-state index contributed by atoms with van der Waals surface area (Å²) in [7, 11) is 0. The average Bonchev–Trinajstić information content (AvgIpc) is 2.54. The molecule has 7 heteroatoms. The molecule has 1 unspecified atom stereocenters. The van der Waals surface area contributed by atoms with Crippen molar-refractivity contribution in [3.63, 3.8) is 0 Å². The van der Waals surface area contributed by atoms with E-state index in [1.807, 2.05) is 13.8 Å². The Bertz CT molecular complexity index is 327. The molecule has 0 bridgehead atoms. The summed E-state index contributed by atoms with van der Waals surface area (Å²) in [6.07, 6.45) is -3.35. The summed E-state index contributed by atoms with van der Waals surface area (Å²) in [5.74, 6) is -0.939. The molecule has 18 heavy (non-hydrogen) atoms. The van der Waals surface area contributed by atoms with Crippen LogP contribution in [0.25, 0.3) is 0 Å². The van der Waals surface area contributed by atoms with Gasteiger partial charge in [0.15, 0.2) is 0 Å². The quantitative estimate of drug-likeness (QED) is 0.766. The molecule has 1 saturated heterocycles. The van der Waals surface area contributed by atoms with E-state index in [0.29, 0.717) is 12.8 Å². The fraction of sp³-hybridized carbons (Fsp3) is 0.818. The Hall–Kier alpha value is -1.11. The van der Waals surface area contributed by atoms with Gasteiger partial charge in [-0.3, -0.25) is 19.8 Å². The first-order valence-corrected chi connectivity index (χ1v) is 5.96. The highest BCUT2D eigenvalue weighted by Gasteiger charge is 2.42. The van der Waals surface area contributed by atoms with Crippen molar-refractivity contribution in [3.05, 3.63) is 0 Å². The van der Waals surface area contributed by atoms with Gasteiger partial charge in [-0.25, -0.2) is 0 Å². The lowest BCUT2D eigenvalue weighted by molar-refractivity contribution is -0.142. The Kier molecular flexibility index (Phi) is 4.72. The van der Waals surface area contributed by atoms with E-state index in [0.717, 1.165) is 4.90 Å². The molecular weight excluding hydrogens is 249 g/mol. The zero-order chi connectivity index (χ0) is 13.9. The maximum absolute atomic E-state index is 12.0. The first kappa shape index (κ1) is 14.9. The van der Waals surface area contributed by atoms with Crippen LogP contribution in [0, 0.1) is 0 Å². The Morgan fingerprint density at radius 2 is 1.89 bits per heavy atom. The highest BCUT2D eigenvalue weighted by atomic mass is 19.4. The maximum atomic E-state index is 12.0. The number of hydrogen-bond acceptors (Lipinski definition) is 3. The second-order valence-corrected chi connectivity index (χ2v) is 4.33. The van der Waals surface area contributed by atoms with Crippen molar-refractivity contribution in [2.45, 2.75) is 51.4 Å². The van der Waals surface area contributed by atoms with Crippen LogP contribution < -0.4 is 5.32 Å². The third-order valence-corrected chi connectivity index (χ3v) is 3.04. The predicted molar refractivity (Wildman–Crippen MR) is 58.7 cm³/mol. The third-order valence-electron chi connectivity index (χ3n) is 3.04. The largest absolute Gasteiger partial charge is 0.401 e. The van der Waals surface area contributed by atoms with E-state index in [2.05, 4.69) is 5.32 Å². The molecule has 0 aliphatic carbocycles. The van der Waals surface area contributed by atoms with Gasteiger partial charge < -0.3 is 0 Å². The molecule has 104 valence electrons. The van der Waals surface area contributed by atoms with Gasteiger partial charge in [0.25, 0.3) is 0 Å². The highest BCUT2D eigenvalue weighted by molar-refractivity contribution is 6.05. The number of carbonyl (C=O) groups is 2. The first-order valence-electron chi connectivity index (χ1n) is 5.96. The number of nitrogens with zero attached hydrogens (tertiary/aromatic N) is 1. The van der Waals surface area contributed by atoms with Crippen LogP contribution in [0.5, 0.6) is 0 Å². The second-order valence-electron chi connectivity index (χ2n) is 4.33. The molecular formula is C11H17F3N2O2.